The highest BCUT2D eigenvalue weighted by atomic mass is 15.2. The van der Waals surface area contributed by atoms with E-state index in [0.717, 1.165) is 12.0 Å². The summed E-state index contributed by atoms with van der Waals surface area (Å²) in [5.74, 6) is 0.983. The van der Waals surface area contributed by atoms with E-state index in [1.807, 2.05) is 0 Å². The Morgan fingerprint density at radius 2 is 1.62 bits per heavy atom. The second-order valence-electron chi connectivity index (χ2n) is 7.33. The van der Waals surface area contributed by atoms with Crippen LogP contribution in [-0.4, -0.2) is 37.1 Å². The molecule has 1 N–H and O–H groups in total. The molecule has 0 spiro atoms. The zero-order chi connectivity index (χ0) is 14.8. The molecular weight excluding hydrogens is 256 g/mol. The van der Waals surface area contributed by atoms with Crippen LogP contribution in [0.2, 0.25) is 0 Å². The monoisotopic (exact) mass is 294 g/mol. The Hall–Kier alpha value is -0.0800. The fraction of sp³-hybridized carbons (Fsp3) is 1.00. The zero-order valence-corrected chi connectivity index (χ0v) is 14.4. The summed E-state index contributed by atoms with van der Waals surface area (Å²) in [6, 6.07) is 0.846. The molecule has 1 atom stereocenters. The normalized spacial score (nSPS) is 25.3. The van der Waals surface area contributed by atoms with E-state index >= 15 is 0 Å². The van der Waals surface area contributed by atoms with Crippen LogP contribution < -0.4 is 5.32 Å². The fourth-order valence-electron chi connectivity index (χ4n) is 4.30. The van der Waals surface area contributed by atoms with Crippen molar-refractivity contribution >= 4 is 0 Å². The molecule has 0 amide bonds. The summed E-state index contributed by atoms with van der Waals surface area (Å²) in [6.07, 6.45) is 17.5. The second-order valence-corrected chi connectivity index (χ2v) is 7.33. The minimum absolute atomic E-state index is 0.846. The van der Waals surface area contributed by atoms with Crippen molar-refractivity contribution in [1.29, 1.82) is 0 Å². The first-order valence-corrected chi connectivity index (χ1v) is 9.86. The Bertz CT molecular complexity index is 248. The van der Waals surface area contributed by atoms with Crippen molar-refractivity contribution in [2.24, 2.45) is 5.92 Å². The smallest absolute Gasteiger partial charge is 0.0249 e. The maximum absolute atomic E-state index is 3.65. The van der Waals surface area contributed by atoms with Crippen molar-refractivity contribution in [2.75, 3.05) is 26.2 Å². The third kappa shape index (κ3) is 6.28. The summed E-state index contributed by atoms with van der Waals surface area (Å²) in [7, 11) is 0. The van der Waals surface area contributed by atoms with E-state index in [1.54, 1.807) is 0 Å². The Morgan fingerprint density at radius 1 is 0.905 bits per heavy atom. The predicted octanol–water partition coefficient (Wildman–Crippen LogP) is 4.59. The zero-order valence-electron chi connectivity index (χ0n) is 14.4. The minimum Gasteiger partial charge on any atom is -0.314 e. The first kappa shape index (κ1) is 17.3. The van der Waals surface area contributed by atoms with Crippen molar-refractivity contribution in [2.45, 2.75) is 90.0 Å². The van der Waals surface area contributed by atoms with Gasteiger partial charge in [-0.15, -0.1) is 0 Å². The molecular formula is C19H38N2. The van der Waals surface area contributed by atoms with Gasteiger partial charge in [0.25, 0.3) is 0 Å². The van der Waals surface area contributed by atoms with Gasteiger partial charge >= 0.3 is 0 Å². The van der Waals surface area contributed by atoms with Gasteiger partial charge in [-0.25, -0.2) is 0 Å². The van der Waals surface area contributed by atoms with Crippen molar-refractivity contribution in [3.05, 3.63) is 0 Å². The molecule has 0 radical (unpaired) electrons. The third-order valence-electron chi connectivity index (χ3n) is 5.64. The summed E-state index contributed by atoms with van der Waals surface area (Å²) in [4.78, 5) is 2.83. The van der Waals surface area contributed by atoms with Crippen LogP contribution in [0.15, 0.2) is 0 Å². The number of unbranched alkanes of at least 4 members (excludes halogenated alkanes) is 6. The summed E-state index contributed by atoms with van der Waals surface area (Å²) in [5.41, 5.74) is 0. The molecule has 2 rings (SSSR count). The Morgan fingerprint density at radius 3 is 2.38 bits per heavy atom. The number of piperazine rings is 1. The third-order valence-corrected chi connectivity index (χ3v) is 5.64. The number of nitrogens with zero attached hydrogens (tertiary/aromatic N) is 1. The van der Waals surface area contributed by atoms with E-state index in [1.165, 1.54) is 103 Å². The number of hydrogen-bond acceptors (Lipinski definition) is 2. The largest absolute Gasteiger partial charge is 0.314 e. The van der Waals surface area contributed by atoms with E-state index in [-0.39, 0.29) is 0 Å². The molecule has 2 nitrogen and oxygen atoms in total. The lowest BCUT2D eigenvalue weighted by Crippen LogP contribution is -2.54. The van der Waals surface area contributed by atoms with E-state index in [0.29, 0.717) is 0 Å². The minimum atomic E-state index is 0.846. The fourth-order valence-corrected chi connectivity index (χ4v) is 4.30. The molecule has 1 heterocycles. The molecule has 0 aromatic carbocycles. The van der Waals surface area contributed by atoms with E-state index in [4.69, 9.17) is 0 Å². The van der Waals surface area contributed by atoms with Crippen LogP contribution in [0.5, 0.6) is 0 Å². The van der Waals surface area contributed by atoms with Gasteiger partial charge in [-0.2, -0.15) is 0 Å². The summed E-state index contributed by atoms with van der Waals surface area (Å²) < 4.78 is 0. The lowest BCUT2D eigenvalue weighted by Gasteiger charge is -2.42. The highest BCUT2D eigenvalue weighted by Gasteiger charge is 2.30. The SMILES string of the molecule is CCCCCCCCCN1CCNCC1C1CCCCC1. The highest BCUT2D eigenvalue weighted by Crippen LogP contribution is 2.29. The van der Waals surface area contributed by atoms with Gasteiger partial charge in [-0.3, -0.25) is 4.90 Å². The Balaban J connectivity index is 1.62. The van der Waals surface area contributed by atoms with Crippen molar-refractivity contribution in [3.63, 3.8) is 0 Å². The van der Waals surface area contributed by atoms with Gasteiger partial charge in [-0.05, 0) is 31.7 Å². The van der Waals surface area contributed by atoms with Gasteiger partial charge in [0, 0.05) is 25.7 Å². The maximum Gasteiger partial charge on any atom is 0.0249 e. The van der Waals surface area contributed by atoms with E-state index in [9.17, 15) is 0 Å². The van der Waals surface area contributed by atoms with Crippen LogP contribution >= 0.6 is 0 Å². The number of nitrogens with one attached hydrogen (secondary N) is 1. The van der Waals surface area contributed by atoms with Crippen LogP contribution in [0.4, 0.5) is 0 Å². The molecule has 2 fully saturated rings. The van der Waals surface area contributed by atoms with Crippen molar-refractivity contribution in [1.82, 2.24) is 10.2 Å². The van der Waals surface area contributed by atoms with Crippen LogP contribution in [0, 0.1) is 5.92 Å². The summed E-state index contributed by atoms with van der Waals surface area (Å²) in [6.45, 7) is 7.41. The van der Waals surface area contributed by atoms with Crippen molar-refractivity contribution < 1.29 is 0 Å². The van der Waals surface area contributed by atoms with Crippen LogP contribution in [0.1, 0.15) is 84.0 Å². The number of hydrogen-bond donors (Lipinski definition) is 1. The first-order chi connectivity index (χ1) is 10.4. The van der Waals surface area contributed by atoms with Gasteiger partial charge in [0.1, 0.15) is 0 Å². The summed E-state index contributed by atoms with van der Waals surface area (Å²) >= 11 is 0. The lowest BCUT2D eigenvalue weighted by atomic mass is 9.82. The quantitative estimate of drug-likeness (QED) is 0.626. The molecule has 1 aliphatic heterocycles. The molecule has 0 aromatic heterocycles. The van der Waals surface area contributed by atoms with E-state index in [2.05, 4.69) is 17.1 Å². The van der Waals surface area contributed by atoms with Gasteiger partial charge in [0.2, 0.25) is 0 Å². The van der Waals surface area contributed by atoms with Gasteiger partial charge in [-0.1, -0.05) is 64.7 Å². The highest BCUT2D eigenvalue weighted by molar-refractivity contribution is 4.86. The molecule has 124 valence electrons. The van der Waals surface area contributed by atoms with Gasteiger partial charge in [0.15, 0.2) is 0 Å². The average Bonchev–Trinajstić information content (AvgIpc) is 2.55. The van der Waals surface area contributed by atoms with Crippen molar-refractivity contribution in [3.8, 4) is 0 Å². The van der Waals surface area contributed by atoms with E-state index < -0.39 is 0 Å². The molecule has 1 unspecified atom stereocenters. The van der Waals surface area contributed by atoms with Crippen LogP contribution in [0.25, 0.3) is 0 Å². The molecule has 1 aliphatic carbocycles. The molecule has 1 saturated heterocycles. The molecule has 0 bridgehead atoms. The van der Waals surface area contributed by atoms with Gasteiger partial charge < -0.3 is 5.32 Å². The molecule has 2 heteroatoms. The standard InChI is InChI=1S/C19H38N2/c1-2-3-4-5-6-7-11-15-21-16-14-20-17-19(21)18-12-9-8-10-13-18/h18-20H,2-17H2,1H3. The first-order valence-electron chi connectivity index (χ1n) is 9.86. The second kappa shape index (κ2) is 10.6. The summed E-state index contributed by atoms with van der Waals surface area (Å²) in [5, 5.41) is 3.65. The van der Waals surface area contributed by atoms with Crippen LogP contribution in [-0.2, 0) is 0 Å². The average molecular weight is 295 g/mol. The number of rotatable bonds is 9. The molecule has 21 heavy (non-hydrogen) atoms. The maximum atomic E-state index is 3.65. The Labute approximate surface area is 133 Å². The lowest BCUT2D eigenvalue weighted by molar-refractivity contribution is 0.0907. The molecule has 2 aliphatic rings. The van der Waals surface area contributed by atoms with Gasteiger partial charge in [0.05, 0.1) is 0 Å². The van der Waals surface area contributed by atoms with Crippen LogP contribution in [0.3, 0.4) is 0 Å². The topological polar surface area (TPSA) is 15.3 Å². The molecule has 0 aromatic rings. The predicted molar refractivity (Wildman–Crippen MR) is 92.8 cm³/mol. The molecule has 1 saturated carbocycles. The Kier molecular flexibility index (Phi) is 8.73.